The van der Waals surface area contributed by atoms with Crippen LogP contribution in [0.25, 0.3) is 0 Å². The summed E-state index contributed by atoms with van der Waals surface area (Å²) in [4.78, 5) is 12.3. The molecule has 0 aromatic heterocycles. The predicted molar refractivity (Wildman–Crippen MR) is 128 cm³/mol. The summed E-state index contributed by atoms with van der Waals surface area (Å²) in [6.07, 6.45) is -5.56. The zero-order valence-corrected chi connectivity index (χ0v) is 20.5. The van der Waals surface area contributed by atoms with E-state index in [-0.39, 0.29) is 10.6 Å². The fourth-order valence-electron chi connectivity index (χ4n) is 3.16. The summed E-state index contributed by atoms with van der Waals surface area (Å²) in [5.41, 5.74) is 0.810. The van der Waals surface area contributed by atoms with Gasteiger partial charge >= 0.3 is 6.18 Å². The summed E-state index contributed by atoms with van der Waals surface area (Å²) >= 11 is 5.57. The van der Waals surface area contributed by atoms with Crippen molar-refractivity contribution in [3.63, 3.8) is 0 Å². The first-order valence-electron chi connectivity index (χ1n) is 10.3. The monoisotopic (exact) mass is 526 g/mol. The van der Waals surface area contributed by atoms with Gasteiger partial charge in [-0.05, 0) is 74.9 Å². The largest absolute Gasteiger partial charge is 0.481 e. The Morgan fingerprint density at radius 1 is 0.971 bits per heavy atom. The molecular formula is C24H22ClF3N2O4S. The number of nitrogens with one attached hydrogen (secondary N) is 2. The maximum atomic E-state index is 13.0. The molecule has 2 N–H and O–H groups in total. The summed E-state index contributed by atoms with van der Waals surface area (Å²) in [5, 5.41) is 2.09. The second-order valence-electron chi connectivity index (χ2n) is 7.84. The number of aryl methyl sites for hydroxylation is 2. The van der Waals surface area contributed by atoms with Gasteiger partial charge in [-0.1, -0.05) is 29.3 Å². The molecule has 0 spiro atoms. The standard InChI is InChI=1S/C24H22ClF3N2O4S/c1-14-4-11-22(15(2)12-14)34-16(3)23(31)29-17-5-8-19(9-6-17)35(32,33)30-18-7-10-21(25)20(13-18)24(26,27)28/h4-13,16,30H,1-3H3,(H,29,31)/t16-/m0/s1. The van der Waals surface area contributed by atoms with Gasteiger partial charge in [0.2, 0.25) is 0 Å². The molecule has 0 aliphatic heterocycles. The average molecular weight is 527 g/mol. The minimum Gasteiger partial charge on any atom is -0.481 e. The van der Waals surface area contributed by atoms with E-state index >= 15 is 0 Å². The Bertz CT molecular complexity index is 1340. The molecule has 0 bridgehead atoms. The third-order valence-corrected chi connectivity index (χ3v) is 6.69. The quantitative estimate of drug-likeness (QED) is 0.385. The molecule has 0 aliphatic rings. The van der Waals surface area contributed by atoms with E-state index in [1.54, 1.807) is 13.0 Å². The van der Waals surface area contributed by atoms with Crippen molar-refractivity contribution < 1.29 is 31.1 Å². The lowest BCUT2D eigenvalue weighted by Crippen LogP contribution is -2.30. The molecule has 3 rings (SSSR count). The van der Waals surface area contributed by atoms with Gasteiger partial charge in [-0.2, -0.15) is 13.2 Å². The lowest BCUT2D eigenvalue weighted by atomic mass is 10.1. The van der Waals surface area contributed by atoms with Crippen LogP contribution in [0.5, 0.6) is 5.75 Å². The highest BCUT2D eigenvalue weighted by atomic mass is 35.5. The number of carbonyl (C=O) groups excluding carboxylic acids is 1. The normalized spacial score (nSPS) is 12.7. The van der Waals surface area contributed by atoms with Gasteiger partial charge in [-0.25, -0.2) is 8.42 Å². The van der Waals surface area contributed by atoms with Gasteiger partial charge in [-0.3, -0.25) is 9.52 Å². The maximum absolute atomic E-state index is 13.0. The molecule has 0 unspecified atom stereocenters. The Kier molecular flexibility index (Phi) is 7.66. The number of carbonyl (C=O) groups is 1. The van der Waals surface area contributed by atoms with Gasteiger partial charge in [0.25, 0.3) is 15.9 Å². The van der Waals surface area contributed by atoms with E-state index in [4.69, 9.17) is 16.3 Å². The van der Waals surface area contributed by atoms with Crippen molar-refractivity contribution in [2.75, 3.05) is 10.0 Å². The molecule has 0 saturated heterocycles. The third kappa shape index (κ3) is 6.67. The number of sulfonamides is 1. The number of anilines is 2. The molecule has 0 saturated carbocycles. The lowest BCUT2D eigenvalue weighted by molar-refractivity contribution is -0.137. The van der Waals surface area contributed by atoms with Crippen LogP contribution in [-0.2, 0) is 21.0 Å². The van der Waals surface area contributed by atoms with Gasteiger partial charge in [0.05, 0.1) is 15.5 Å². The highest BCUT2D eigenvalue weighted by Crippen LogP contribution is 2.36. The molecule has 11 heteroatoms. The number of benzene rings is 3. The van der Waals surface area contributed by atoms with Crippen molar-refractivity contribution in [2.24, 2.45) is 0 Å². The van der Waals surface area contributed by atoms with Crippen molar-refractivity contribution in [1.82, 2.24) is 0 Å². The fourth-order valence-corrected chi connectivity index (χ4v) is 4.43. The summed E-state index contributed by atoms with van der Waals surface area (Å²) in [6, 6.07) is 13.4. The molecule has 3 aromatic rings. The van der Waals surface area contributed by atoms with Crippen molar-refractivity contribution in [1.29, 1.82) is 0 Å². The fraction of sp³-hybridized carbons (Fsp3) is 0.208. The molecule has 35 heavy (non-hydrogen) atoms. The average Bonchev–Trinajstić information content (AvgIpc) is 2.76. The minimum atomic E-state index is -4.74. The van der Waals surface area contributed by atoms with E-state index in [0.717, 1.165) is 23.3 Å². The van der Waals surface area contributed by atoms with Crippen LogP contribution in [0.3, 0.4) is 0 Å². The van der Waals surface area contributed by atoms with Crippen LogP contribution >= 0.6 is 11.6 Å². The van der Waals surface area contributed by atoms with E-state index in [9.17, 15) is 26.4 Å². The van der Waals surface area contributed by atoms with Gasteiger partial charge in [0, 0.05) is 11.4 Å². The van der Waals surface area contributed by atoms with Crippen molar-refractivity contribution >= 4 is 38.9 Å². The first-order chi connectivity index (χ1) is 16.3. The molecule has 1 atom stereocenters. The molecule has 0 radical (unpaired) electrons. The SMILES string of the molecule is Cc1ccc(O[C@@H](C)C(=O)Nc2ccc(S(=O)(=O)Nc3ccc(Cl)c(C(F)(F)F)c3)cc2)c(C)c1. The predicted octanol–water partition coefficient (Wildman–Crippen LogP) is 6.18. The highest BCUT2D eigenvalue weighted by molar-refractivity contribution is 7.92. The minimum absolute atomic E-state index is 0.210. The Morgan fingerprint density at radius 3 is 2.20 bits per heavy atom. The lowest BCUT2D eigenvalue weighted by Gasteiger charge is -2.17. The first-order valence-corrected chi connectivity index (χ1v) is 12.2. The molecule has 0 fully saturated rings. The Balaban J connectivity index is 1.68. The molecule has 1 amide bonds. The summed E-state index contributed by atoms with van der Waals surface area (Å²) < 4.78 is 72.2. The second kappa shape index (κ2) is 10.2. The van der Waals surface area contributed by atoms with Crippen LogP contribution in [0.4, 0.5) is 24.5 Å². The van der Waals surface area contributed by atoms with Gasteiger partial charge < -0.3 is 10.1 Å². The smallest absolute Gasteiger partial charge is 0.417 e. The Hall–Kier alpha value is -3.24. The molecule has 0 heterocycles. The maximum Gasteiger partial charge on any atom is 0.417 e. The van der Waals surface area contributed by atoms with Crippen LogP contribution in [-0.4, -0.2) is 20.4 Å². The number of ether oxygens (including phenoxy) is 1. The number of halogens is 4. The number of amides is 1. The van der Waals surface area contributed by atoms with Crippen LogP contribution in [0.15, 0.2) is 65.6 Å². The van der Waals surface area contributed by atoms with Gasteiger partial charge in [0.1, 0.15) is 5.75 Å². The summed E-state index contributed by atoms with van der Waals surface area (Å²) in [6.45, 7) is 5.40. The van der Waals surface area contributed by atoms with Crippen molar-refractivity contribution in [3.05, 3.63) is 82.4 Å². The Labute approximate surface area is 206 Å². The van der Waals surface area contributed by atoms with E-state index in [1.165, 1.54) is 24.3 Å². The van der Waals surface area contributed by atoms with Crippen LogP contribution in [0.2, 0.25) is 5.02 Å². The molecular weight excluding hydrogens is 505 g/mol. The van der Waals surface area contributed by atoms with E-state index in [1.807, 2.05) is 26.0 Å². The number of rotatable bonds is 7. The summed E-state index contributed by atoms with van der Waals surface area (Å²) in [5.74, 6) is 0.126. The van der Waals surface area contributed by atoms with Gasteiger partial charge in [0.15, 0.2) is 6.10 Å². The van der Waals surface area contributed by atoms with Crippen molar-refractivity contribution in [3.8, 4) is 5.75 Å². The topological polar surface area (TPSA) is 84.5 Å². The van der Waals surface area contributed by atoms with Crippen LogP contribution in [0, 0.1) is 13.8 Å². The zero-order chi connectivity index (χ0) is 26.0. The van der Waals surface area contributed by atoms with E-state index in [2.05, 4.69) is 10.0 Å². The van der Waals surface area contributed by atoms with Crippen molar-refractivity contribution in [2.45, 2.75) is 37.9 Å². The third-order valence-electron chi connectivity index (χ3n) is 4.96. The van der Waals surface area contributed by atoms with E-state index in [0.29, 0.717) is 17.5 Å². The number of hydrogen-bond acceptors (Lipinski definition) is 4. The van der Waals surface area contributed by atoms with Crippen LogP contribution in [0.1, 0.15) is 23.6 Å². The number of hydrogen-bond donors (Lipinski definition) is 2. The van der Waals surface area contributed by atoms with E-state index < -0.39 is 38.8 Å². The first kappa shape index (κ1) is 26.4. The summed E-state index contributed by atoms with van der Waals surface area (Å²) in [7, 11) is -4.20. The highest BCUT2D eigenvalue weighted by Gasteiger charge is 2.33. The molecule has 6 nitrogen and oxygen atoms in total. The molecule has 186 valence electrons. The second-order valence-corrected chi connectivity index (χ2v) is 9.93. The Morgan fingerprint density at radius 2 is 1.60 bits per heavy atom. The van der Waals surface area contributed by atoms with Crippen LogP contribution < -0.4 is 14.8 Å². The van der Waals surface area contributed by atoms with Gasteiger partial charge in [-0.15, -0.1) is 0 Å². The molecule has 0 aliphatic carbocycles. The zero-order valence-electron chi connectivity index (χ0n) is 18.9. The number of alkyl halides is 3. The molecule has 3 aromatic carbocycles.